The van der Waals surface area contributed by atoms with Crippen molar-refractivity contribution < 1.29 is 0 Å². The van der Waals surface area contributed by atoms with Crippen LogP contribution in [0.1, 0.15) is 22.4 Å². The summed E-state index contributed by atoms with van der Waals surface area (Å²) in [4.78, 5) is 4.58. The van der Waals surface area contributed by atoms with Crippen LogP contribution in [0.2, 0.25) is 0 Å². The van der Waals surface area contributed by atoms with E-state index in [0.717, 1.165) is 22.2 Å². The van der Waals surface area contributed by atoms with Gasteiger partial charge < -0.3 is 0 Å². The zero-order valence-electron chi connectivity index (χ0n) is 9.83. The van der Waals surface area contributed by atoms with Gasteiger partial charge in [-0.1, -0.05) is 11.6 Å². The van der Waals surface area contributed by atoms with Gasteiger partial charge in [0.1, 0.15) is 0 Å². The normalized spacial score (nSPS) is 10.4. The smallest absolute Gasteiger partial charge is 0.0777 e. The number of rotatable bonds is 1. The van der Waals surface area contributed by atoms with Crippen LogP contribution < -0.4 is 0 Å². The molecule has 2 rings (SSSR count). The second kappa shape index (κ2) is 3.94. The van der Waals surface area contributed by atoms with Crippen LogP contribution >= 0.6 is 0 Å². The third-order valence-electron chi connectivity index (χ3n) is 2.79. The molecule has 2 heteroatoms. The Labute approximate surface area is 95.6 Å². The van der Waals surface area contributed by atoms with Gasteiger partial charge in [-0.25, -0.2) is 0 Å². The van der Waals surface area contributed by atoms with Gasteiger partial charge in [0.15, 0.2) is 0 Å². The van der Waals surface area contributed by atoms with Gasteiger partial charge in [-0.05, 0) is 44.0 Å². The number of nitriles is 1. The van der Waals surface area contributed by atoms with Crippen molar-refractivity contribution in [2.75, 3.05) is 0 Å². The summed E-state index contributed by atoms with van der Waals surface area (Å²) in [6.45, 7) is 6.16. The summed E-state index contributed by atoms with van der Waals surface area (Å²) in [6, 6.07) is 8.54. The van der Waals surface area contributed by atoms with Crippen molar-refractivity contribution in [2.24, 2.45) is 0 Å². The predicted octanol–water partition coefficient (Wildman–Crippen LogP) is 3.23. The molecule has 80 valence electrons. The van der Waals surface area contributed by atoms with Crippen LogP contribution in [0, 0.1) is 32.1 Å². The van der Waals surface area contributed by atoms with Gasteiger partial charge in [-0.3, -0.25) is 4.98 Å². The number of benzene rings is 1. The molecule has 0 aliphatic heterocycles. The molecule has 0 atom stereocenters. The van der Waals surface area contributed by atoms with Crippen LogP contribution in [0.3, 0.4) is 0 Å². The highest BCUT2D eigenvalue weighted by atomic mass is 14.7. The van der Waals surface area contributed by atoms with E-state index in [-0.39, 0.29) is 0 Å². The largest absolute Gasteiger partial charge is 0.251 e. The lowest BCUT2D eigenvalue weighted by Gasteiger charge is -2.07. The summed E-state index contributed by atoms with van der Waals surface area (Å²) in [5, 5.41) is 9.90. The number of aromatic nitrogens is 1. The Hall–Kier alpha value is -1.88. The molecule has 0 saturated heterocycles. The van der Waals surface area contributed by atoms with Crippen molar-refractivity contribution in [2.45, 2.75) is 27.2 Å². The third kappa shape index (κ3) is 1.77. The number of pyridine rings is 1. The Bertz CT molecular complexity index is 592. The van der Waals surface area contributed by atoms with Crippen molar-refractivity contribution in [1.29, 1.82) is 5.26 Å². The maximum Gasteiger partial charge on any atom is 0.0777 e. The average molecular weight is 210 g/mol. The molecule has 0 radical (unpaired) electrons. The highest BCUT2D eigenvalue weighted by Gasteiger charge is 2.05. The SMILES string of the molecule is Cc1cc(C)c2nc(CC#N)c(C)cc2c1. The van der Waals surface area contributed by atoms with Crippen LogP contribution in [0.25, 0.3) is 10.9 Å². The highest BCUT2D eigenvalue weighted by Crippen LogP contribution is 2.21. The van der Waals surface area contributed by atoms with E-state index in [0.29, 0.717) is 6.42 Å². The predicted molar refractivity (Wildman–Crippen MR) is 65.3 cm³/mol. The Morgan fingerprint density at radius 1 is 1.12 bits per heavy atom. The fourth-order valence-corrected chi connectivity index (χ4v) is 2.05. The minimum atomic E-state index is 0.384. The summed E-state index contributed by atoms with van der Waals surface area (Å²) in [5.41, 5.74) is 5.43. The van der Waals surface area contributed by atoms with Crippen LogP contribution in [-0.2, 0) is 6.42 Å². The zero-order valence-corrected chi connectivity index (χ0v) is 9.83. The fourth-order valence-electron chi connectivity index (χ4n) is 2.05. The molecule has 16 heavy (non-hydrogen) atoms. The molecule has 0 aliphatic rings. The molecule has 1 heterocycles. The number of hydrogen-bond acceptors (Lipinski definition) is 2. The molecule has 0 amide bonds. The summed E-state index contributed by atoms with van der Waals surface area (Å²) in [7, 11) is 0. The Morgan fingerprint density at radius 2 is 1.88 bits per heavy atom. The van der Waals surface area contributed by atoms with Gasteiger partial charge in [0.05, 0.1) is 23.7 Å². The number of fused-ring (bicyclic) bond motifs is 1. The van der Waals surface area contributed by atoms with Gasteiger partial charge in [-0.15, -0.1) is 0 Å². The first-order valence-electron chi connectivity index (χ1n) is 5.36. The van der Waals surface area contributed by atoms with Gasteiger partial charge in [0.2, 0.25) is 0 Å². The lowest BCUT2D eigenvalue weighted by molar-refractivity contribution is 1.10. The van der Waals surface area contributed by atoms with Crippen molar-refractivity contribution >= 4 is 10.9 Å². The zero-order chi connectivity index (χ0) is 11.7. The lowest BCUT2D eigenvalue weighted by atomic mass is 10.0. The standard InChI is InChI=1S/C14H14N2/c1-9-6-11(3)14-12(7-9)8-10(2)13(16-14)4-5-15/h6-8H,4H2,1-3H3. The molecular weight excluding hydrogens is 196 g/mol. The number of aryl methyl sites for hydroxylation is 3. The molecule has 2 nitrogen and oxygen atoms in total. The maximum absolute atomic E-state index is 8.74. The molecule has 0 fully saturated rings. The molecule has 0 spiro atoms. The highest BCUT2D eigenvalue weighted by molar-refractivity contribution is 5.83. The molecule has 1 aromatic heterocycles. The summed E-state index contributed by atoms with van der Waals surface area (Å²) in [6.07, 6.45) is 0.384. The molecule has 0 bridgehead atoms. The number of nitrogens with zero attached hydrogens (tertiary/aromatic N) is 2. The van der Waals surface area contributed by atoms with E-state index >= 15 is 0 Å². The molecule has 0 saturated carbocycles. The van der Waals surface area contributed by atoms with Crippen molar-refractivity contribution in [3.05, 3.63) is 40.6 Å². The topological polar surface area (TPSA) is 36.7 Å². The van der Waals surface area contributed by atoms with E-state index in [4.69, 9.17) is 5.26 Å². The second-order valence-corrected chi connectivity index (χ2v) is 4.24. The first-order valence-corrected chi connectivity index (χ1v) is 5.36. The quantitative estimate of drug-likeness (QED) is 0.724. The Morgan fingerprint density at radius 3 is 2.56 bits per heavy atom. The lowest BCUT2D eigenvalue weighted by Crippen LogP contribution is -1.95. The van der Waals surface area contributed by atoms with Crippen molar-refractivity contribution in [3.8, 4) is 6.07 Å². The molecule has 2 aromatic rings. The molecule has 1 aromatic carbocycles. The third-order valence-corrected chi connectivity index (χ3v) is 2.79. The van der Waals surface area contributed by atoms with Gasteiger partial charge in [-0.2, -0.15) is 5.26 Å². The average Bonchev–Trinajstić information content (AvgIpc) is 2.20. The Kier molecular flexibility index (Phi) is 2.62. The summed E-state index contributed by atoms with van der Waals surface area (Å²) < 4.78 is 0. The van der Waals surface area contributed by atoms with Crippen molar-refractivity contribution in [1.82, 2.24) is 4.98 Å². The molecule has 0 unspecified atom stereocenters. The Balaban J connectivity index is 2.75. The van der Waals surface area contributed by atoms with E-state index in [9.17, 15) is 0 Å². The first-order chi connectivity index (χ1) is 7.61. The number of hydrogen-bond donors (Lipinski definition) is 0. The molecular formula is C14H14N2. The van der Waals surface area contributed by atoms with E-state index in [2.05, 4.69) is 43.1 Å². The van der Waals surface area contributed by atoms with Crippen LogP contribution in [-0.4, -0.2) is 4.98 Å². The van der Waals surface area contributed by atoms with E-state index in [1.165, 1.54) is 11.1 Å². The summed E-state index contributed by atoms with van der Waals surface area (Å²) in [5.74, 6) is 0. The summed E-state index contributed by atoms with van der Waals surface area (Å²) >= 11 is 0. The minimum absolute atomic E-state index is 0.384. The van der Waals surface area contributed by atoms with E-state index < -0.39 is 0 Å². The van der Waals surface area contributed by atoms with E-state index in [1.54, 1.807) is 0 Å². The van der Waals surface area contributed by atoms with Gasteiger partial charge in [0, 0.05) is 5.39 Å². The van der Waals surface area contributed by atoms with Crippen LogP contribution in [0.4, 0.5) is 0 Å². The van der Waals surface area contributed by atoms with Crippen LogP contribution in [0.15, 0.2) is 18.2 Å². The fraction of sp³-hybridized carbons (Fsp3) is 0.286. The minimum Gasteiger partial charge on any atom is -0.251 e. The van der Waals surface area contributed by atoms with Gasteiger partial charge in [0.25, 0.3) is 0 Å². The van der Waals surface area contributed by atoms with Gasteiger partial charge >= 0.3 is 0 Å². The first kappa shape index (κ1) is 10.6. The maximum atomic E-state index is 8.74. The van der Waals surface area contributed by atoms with Crippen LogP contribution in [0.5, 0.6) is 0 Å². The molecule has 0 aliphatic carbocycles. The van der Waals surface area contributed by atoms with E-state index in [1.807, 2.05) is 6.92 Å². The van der Waals surface area contributed by atoms with Crippen molar-refractivity contribution in [3.63, 3.8) is 0 Å². The monoisotopic (exact) mass is 210 g/mol. The second-order valence-electron chi connectivity index (χ2n) is 4.24. The molecule has 0 N–H and O–H groups in total.